The zero-order valence-corrected chi connectivity index (χ0v) is 12.7. The number of ether oxygens (including phenoxy) is 1. The van der Waals surface area contributed by atoms with Gasteiger partial charge in [0, 0.05) is 16.3 Å². The zero-order chi connectivity index (χ0) is 15.4. The Hall–Kier alpha value is -2.26. The monoisotopic (exact) mass is 301 g/mol. The molecule has 4 heteroatoms. The minimum Gasteiger partial charge on any atom is -0.497 e. The van der Waals surface area contributed by atoms with E-state index >= 15 is 0 Å². The summed E-state index contributed by atoms with van der Waals surface area (Å²) in [5.74, 6) is 0.494. The first-order valence-corrected chi connectivity index (χ1v) is 6.80. The largest absolute Gasteiger partial charge is 0.497 e. The number of benzene rings is 2. The fraction of sp³-hybridized carbons (Fsp3) is 0.118. The summed E-state index contributed by atoms with van der Waals surface area (Å²) in [7, 11) is 1.59. The van der Waals surface area contributed by atoms with Crippen molar-refractivity contribution < 1.29 is 9.53 Å². The first kappa shape index (κ1) is 15.1. The number of rotatable bonds is 4. The summed E-state index contributed by atoms with van der Waals surface area (Å²) in [5.41, 5.74) is 2.81. The fourth-order valence-corrected chi connectivity index (χ4v) is 2.06. The Balaban J connectivity index is 2.30. The van der Waals surface area contributed by atoms with Crippen LogP contribution in [0.15, 0.2) is 49.0 Å². The van der Waals surface area contributed by atoms with Crippen molar-refractivity contribution in [3.05, 3.63) is 65.2 Å². The molecule has 0 radical (unpaired) electrons. The molecule has 1 amide bonds. The summed E-state index contributed by atoms with van der Waals surface area (Å²) in [6, 6.07) is 12.3. The summed E-state index contributed by atoms with van der Waals surface area (Å²) in [6.45, 7) is 5.76. The van der Waals surface area contributed by atoms with Crippen LogP contribution in [0.2, 0.25) is 5.02 Å². The lowest BCUT2D eigenvalue weighted by Crippen LogP contribution is -2.13. The van der Waals surface area contributed by atoms with Gasteiger partial charge < -0.3 is 10.1 Å². The fourth-order valence-electron chi connectivity index (χ4n) is 1.93. The van der Waals surface area contributed by atoms with Crippen molar-refractivity contribution in [2.24, 2.45) is 0 Å². The first-order chi connectivity index (χ1) is 10.0. The summed E-state index contributed by atoms with van der Waals surface area (Å²) >= 11 is 5.83. The molecule has 0 aliphatic heterocycles. The van der Waals surface area contributed by atoms with Crippen LogP contribution in [0.1, 0.15) is 22.8 Å². The van der Waals surface area contributed by atoms with E-state index in [1.54, 1.807) is 49.6 Å². The van der Waals surface area contributed by atoms with E-state index in [4.69, 9.17) is 16.3 Å². The van der Waals surface area contributed by atoms with E-state index in [-0.39, 0.29) is 5.91 Å². The Morgan fingerprint density at radius 2 is 1.81 bits per heavy atom. The number of nitrogens with one attached hydrogen (secondary N) is 1. The van der Waals surface area contributed by atoms with Gasteiger partial charge in [0.1, 0.15) is 5.75 Å². The van der Waals surface area contributed by atoms with E-state index in [1.165, 1.54) is 0 Å². The standard InChI is InChI=1S/C17H16ClNO2/c1-11(2)16-10-14(21-3)8-9-15(16)17(20)19-13-6-4-12(18)5-7-13/h4-10H,1H2,2-3H3,(H,19,20). The van der Waals surface area contributed by atoms with Gasteiger partial charge in [-0.15, -0.1) is 0 Å². The smallest absolute Gasteiger partial charge is 0.256 e. The maximum atomic E-state index is 12.4. The number of carbonyl (C=O) groups excluding carboxylic acids is 1. The van der Waals surface area contributed by atoms with Crippen molar-refractivity contribution in [3.8, 4) is 5.75 Å². The number of halogens is 1. The molecule has 0 aliphatic rings. The van der Waals surface area contributed by atoms with Gasteiger partial charge in [0.05, 0.1) is 7.11 Å². The van der Waals surface area contributed by atoms with Gasteiger partial charge in [-0.25, -0.2) is 0 Å². The lowest BCUT2D eigenvalue weighted by molar-refractivity contribution is 0.102. The first-order valence-electron chi connectivity index (χ1n) is 6.42. The minimum atomic E-state index is -0.196. The minimum absolute atomic E-state index is 0.196. The molecule has 2 rings (SSSR count). The van der Waals surface area contributed by atoms with Crippen molar-refractivity contribution in [1.82, 2.24) is 0 Å². The molecule has 0 saturated carbocycles. The quantitative estimate of drug-likeness (QED) is 0.894. The van der Waals surface area contributed by atoms with Gasteiger partial charge in [-0.1, -0.05) is 23.8 Å². The third kappa shape index (κ3) is 3.64. The van der Waals surface area contributed by atoms with Crippen molar-refractivity contribution in [2.75, 3.05) is 12.4 Å². The molecule has 0 atom stereocenters. The van der Waals surface area contributed by atoms with Crippen molar-refractivity contribution in [1.29, 1.82) is 0 Å². The topological polar surface area (TPSA) is 38.3 Å². The average molecular weight is 302 g/mol. The Labute approximate surface area is 129 Å². The van der Waals surface area contributed by atoms with Crippen LogP contribution in [0.3, 0.4) is 0 Å². The van der Waals surface area contributed by atoms with E-state index in [2.05, 4.69) is 11.9 Å². The summed E-state index contributed by atoms with van der Waals surface area (Å²) in [6.07, 6.45) is 0. The van der Waals surface area contributed by atoms with E-state index < -0.39 is 0 Å². The number of carbonyl (C=O) groups is 1. The van der Waals surface area contributed by atoms with Crippen LogP contribution in [-0.4, -0.2) is 13.0 Å². The van der Waals surface area contributed by atoms with Crippen LogP contribution < -0.4 is 10.1 Å². The highest BCUT2D eigenvalue weighted by atomic mass is 35.5. The molecular weight excluding hydrogens is 286 g/mol. The molecule has 2 aromatic carbocycles. The molecule has 0 saturated heterocycles. The Kier molecular flexibility index (Phi) is 4.66. The molecule has 0 heterocycles. The van der Waals surface area contributed by atoms with Crippen LogP contribution in [-0.2, 0) is 0 Å². The Morgan fingerprint density at radius 3 is 2.38 bits per heavy atom. The zero-order valence-electron chi connectivity index (χ0n) is 11.9. The van der Waals surface area contributed by atoms with Crippen LogP contribution in [0.5, 0.6) is 5.75 Å². The Morgan fingerprint density at radius 1 is 1.14 bits per heavy atom. The van der Waals surface area contributed by atoms with Crippen LogP contribution in [0.4, 0.5) is 5.69 Å². The molecule has 0 aliphatic carbocycles. The number of anilines is 1. The number of amides is 1. The van der Waals surface area contributed by atoms with Gasteiger partial charge in [0.15, 0.2) is 0 Å². The second-order valence-electron chi connectivity index (χ2n) is 4.65. The maximum absolute atomic E-state index is 12.4. The highest BCUT2D eigenvalue weighted by Crippen LogP contribution is 2.24. The molecule has 0 bridgehead atoms. The molecule has 0 unspecified atom stereocenters. The number of hydrogen-bond acceptors (Lipinski definition) is 2. The lowest BCUT2D eigenvalue weighted by Gasteiger charge is -2.12. The van der Waals surface area contributed by atoms with Crippen molar-refractivity contribution >= 4 is 28.8 Å². The van der Waals surface area contributed by atoms with Gasteiger partial charge >= 0.3 is 0 Å². The summed E-state index contributed by atoms with van der Waals surface area (Å²) in [5, 5.41) is 3.46. The molecule has 3 nitrogen and oxygen atoms in total. The van der Waals surface area contributed by atoms with E-state index in [1.807, 2.05) is 6.92 Å². The normalized spacial score (nSPS) is 10.0. The number of hydrogen-bond donors (Lipinski definition) is 1. The molecule has 0 fully saturated rings. The van der Waals surface area contributed by atoms with E-state index in [9.17, 15) is 4.79 Å². The molecule has 2 aromatic rings. The van der Waals surface area contributed by atoms with Gasteiger partial charge in [0.25, 0.3) is 5.91 Å². The third-order valence-electron chi connectivity index (χ3n) is 3.03. The molecule has 1 N–H and O–H groups in total. The number of methoxy groups -OCH3 is 1. The van der Waals surface area contributed by atoms with Crippen LogP contribution in [0.25, 0.3) is 5.57 Å². The predicted molar refractivity (Wildman–Crippen MR) is 87.1 cm³/mol. The van der Waals surface area contributed by atoms with Gasteiger partial charge in [-0.3, -0.25) is 4.79 Å². The second-order valence-corrected chi connectivity index (χ2v) is 5.09. The molecule has 21 heavy (non-hydrogen) atoms. The molecule has 108 valence electrons. The average Bonchev–Trinajstić information content (AvgIpc) is 2.48. The molecule has 0 aromatic heterocycles. The van der Waals surface area contributed by atoms with Crippen LogP contribution >= 0.6 is 11.6 Å². The number of allylic oxidation sites excluding steroid dienone is 1. The van der Waals surface area contributed by atoms with E-state index in [0.29, 0.717) is 22.0 Å². The highest BCUT2D eigenvalue weighted by molar-refractivity contribution is 6.30. The van der Waals surface area contributed by atoms with Gasteiger partial charge in [-0.2, -0.15) is 0 Å². The third-order valence-corrected chi connectivity index (χ3v) is 3.29. The summed E-state index contributed by atoms with van der Waals surface area (Å²) in [4.78, 5) is 12.4. The highest BCUT2D eigenvalue weighted by Gasteiger charge is 2.13. The predicted octanol–water partition coefficient (Wildman–Crippen LogP) is 4.63. The van der Waals surface area contributed by atoms with E-state index in [0.717, 1.165) is 11.1 Å². The summed E-state index contributed by atoms with van der Waals surface area (Å²) < 4.78 is 5.18. The SMILES string of the molecule is C=C(C)c1cc(OC)ccc1C(=O)Nc1ccc(Cl)cc1. The van der Waals surface area contributed by atoms with Gasteiger partial charge in [0.2, 0.25) is 0 Å². The Bertz CT molecular complexity index is 678. The molecule has 0 spiro atoms. The lowest BCUT2D eigenvalue weighted by atomic mass is 10.0. The second kappa shape index (κ2) is 6.46. The van der Waals surface area contributed by atoms with Crippen molar-refractivity contribution in [3.63, 3.8) is 0 Å². The van der Waals surface area contributed by atoms with Crippen LogP contribution in [0, 0.1) is 0 Å². The maximum Gasteiger partial charge on any atom is 0.256 e. The van der Waals surface area contributed by atoms with Gasteiger partial charge in [-0.05, 0) is 55.0 Å². The van der Waals surface area contributed by atoms with Crippen molar-refractivity contribution in [2.45, 2.75) is 6.92 Å². The molecular formula is C17H16ClNO2.